The molecule has 2 heterocycles. The Balaban J connectivity index is 1.87. The minimum absolute atomic E-state index is 0.177. The number of oxazole rings is 1. The second-order valence-corrected chi connectivity index (χ2v) is 4.16. The zero-order valence-electron chi connectivity index (χ0n) is 10.3. The molecule has 19 heavy (non-hydrogen) atoms. The van der Waals surface area contributed by atoms with Gasteiger partial charge in [0.25, 0.3) is 5.91 Å². The molecule has 0 saturated heterocycles. The topological polar surface area (TPSA) is 68.0 Å². The zero-order chi connectivity index (χ0) is 13.2. The second kappa shape index (κ2) is 4.53. The molecule has 2 aromatic heterocycles. The average Bonchev–Trinajstić information content (AvgIpc) is 2.81. The van der Waals surface area contributed by atoms with Crippen molar-refractivity contribution in [1.82, 2.24) is 9.97 Å². The van der Waals surface area contributed by atoms with Gasteiger partial charge in [-0.05, 0) is 36.8 Å². The number of aryl methyl sites for hydroxylation is 1. The molecule has 3 rings (SSSR count). The van der Waals surface area contributed by atoms with Gasteiger partial charge in [0.15, 0.2) is 5.58 Å². The fourth-order valence-corrected chi connectivity index (χ4v) is 1.75. The van der Waals surface area contributed by atoms with E-state index in [-0.39, 0.29) is 11.9 Å². The normalized spacial score (nSPS) is 10.6. The van der Waals surface area contributed by atoms with Gasteiger partial charge >= 0.3 is 6.01 Å². The van der Waals surface area contributed by atoms with Gasteiger partial charge < -0.3 is 4.42 Å². The number of anilines is 1. The number of hydrogen-bond donors (Lipinski definition) is 1. The van der Waals surface area contributed by atoms with E-state index in [1.165, 1.54) is 0 Å². The maximum absolute atomic E-state index is 11.9. The highest BCUT2D eigenvalue weighted by Crippen LogP contribution is 2.20. The lowest BCUT2D eigenvalue weighted by molar-refractivity contribution is 0.101. The lowest BCUT2D eigenvalue weighted by Gasteiger charge is -1.98. The molecule has 0 aliphatic carbocycles. The molecule has 0 saturated carbocycles. The number of nitrogens with one attached hydrogen (secondary N) is 1. The van der Waals surface area contributed by atoms with E-state index in [1.807, 2.05) is 25.1 Å². The van der Waals surface area contributed by atoms with Crippen molar-refractivity contribution in [3.05, 3.63) is 53.9 Å². The summed E-state index contributed by atoms with van der Waals surface area (Å²) in [5.74, 6) is -0.344. The molecular weight excluding hydrogens is 242 g/mol. The maximum atomic E-state index is 11.9. The molecule has 1 N–H and O–H groups in total. The Labute approximate surface area is 109 Å². The second-order valence-electron chi connectivity index (χ2n) is 4.16. The predicted octanol–water partition coefficient (Wildman–Crippen LogP) is 2.78. The van der Waals surface area contributed by atoms with Crippen LogP contribution in [0.25, 0.3) is 11.1 Å². The summed E-state index contributed by atoms with van der Waals surface area (Å²) < 4.78 is 5.44. The highest BCUT2D eigenvalue weighted by Gasteiger charge is 2.11. The smallest absolute Gasteiger partial charge is 0.302 e. The van der Waals surface area contributed by atoms with Gasteiger partial charge in [-0.3, -0.25) is 15.1 Å². The molecule has 0 aliphatic rings. The maximum Gasteiger partial charge on any atom is 0.302 e. The van der Waals surface area contributed by atoms with Crippen molar-refractivity contribution >= 4 is 23.0 Å². The quantitative estimate of drug-likeness (QED) is 0.762. The van der Waals surface area contributed by atoms with Crippen LogP contribution in [0.15, 0.2) is 47.0 Å². The summed E-state index contributed by atoms with van der Waals surface area (Å²) in [6.07, 6.45) is 1.56. The third-order valence-electron chi connectivity index (χ3n) is 2.66. The first-order chi connectivity index (χ1) is 9.22. The Morgan fingerprint density at radius 3 is 2.95 bits per heavy atom. The number of pyridine rings is 1. The number of aromatic nitrogens is 2. The first-order valence-electron chi connectivity index (χ1n) is 5.82. The minimum Gasteiger partial charge on any atom is -0.423 e. The fraction of sp³-hybridized carbons (Fsp3) is 0.0714. The van der Waals surface area contributed by atoms with Gasteiger partial charge in [0.2, 0.25) is 0 Å². The Kier molecular flexibility index (Phi) is 2.72. The fourth-order valence-electron chi connectivity index (χ4n) is 1.75. The van der Waals surface area contributed by atoms with Crippen molar-refractivity contribution in [3.63, 3.8) is 0 Å². The van der Waals surface area contributed by atoms with Crippen LogP contribution in [0.3, 0.4) is 0 Å². The van der Waals surface area contributed by atoms with Crippen LogP contribution >= 0.6 is 0 Å². The molecular formula is C14H11N3O2. The molecule has 0 atom stereocenters. The van der Waals surface area contributed by atoms with Crippen molar-refractivity contribution < 1.29 is 9.21 Å². The van der Waals surface area contributed by atoms with Gasteiger partial charge in [0.05, 0.1) is 0 Å². The molecule has 1 aromatic carbocycles. The van der Waals surface area contributed by atoms with Crippen molar-refractivity contribution in [2.75, 3.05) is 5.32 Å². The molecule has 0 spiro atoms. The standard InChI is InChI=1S/C14H11N3O2/c1-9-5-6-12-11(8-9)16-14(19-12)17-13(18)10-4-2-3-7-15-10/h2-8H,1H3,(H,16,17,18). The van der Waals surface area contributed by atoms with Crippen molar-refractivity contribution in [3.8, 4) is 0 Å². The summed E-state index contributed by atoms with van der Waals surface area (Å²) in [6, 6.07) is 11.0. The molecule has 3 aromatic rings. The Hall–Kier alpha value is -2.69. The Morgan fingerprint density at radius 2 is 2.16 bits per heavy atom. The van der Waals surface area contributed by atoms with E-state index in [0.717, 1.165) is 11.1 Å². The average molecular weight is 253 g/mol. The van der Waals surface area contributed by atoms with E-state index >= 15 is 0 Å². The van der Waals surface area contributed by atoms with Crippen LogP contribution in [0, 0.1) is 6.92 Å². The van der Waals surface area contributed by atoms with Gasteiger partial charge in [-0.2, -0.15) is 4.98 Å². The van der Waals surface area contributed by atoms with E-state index in [2.05, 4.69) is 15.3 Å². The van der Waals surface area contributed by atoms with Gasteiger partial charge in [-0.15, -0.1) is 0 Å². The van der Waals surface area contributed by atoms with Gasteiger partial charge in [-0.25, -0.2) is 0 Å². The van der Waals surface area contributed by atoms with Crippen LogP contribution in [0.2, 0.25) is 0 Å². The van der Waals surface area contributed by atoms with E-state index < -0.39 is 0 Å². The van der Waals surface area contributed by atoms with Crippen LogP contribution in [-0.2, 0) is 0 Å². The number of nitrogens with zero attached hydrogens (tertiary/aromatic N) is 2. The molecule has 0 unspecified atom stereocenters. The third kappa shape index (κ3) is 2.30. The van der Waals surface area contributed by atoms with E-state index in [1.54, 1.807) is 24.4 Å². The summed E-state index contributed by atoms with van der Waals surface area (Å²) in [6.45, 7) is 1.97. The van der Waals surface area contributed by atoms with E-state index in [4.69, 9.17) is 4.42 Å². The first kappa shape index (κ1) is 11.4. The Bertz CT molecular complexity index is 735. The van der Waals surface area contributed by atoms with E-state index in [9.17, 15) is 4.79 Å². The molecule has 5 heteroatoms. The Morgan fingerprint density at radius 1 is 1.26 bits per heavy atom. The summed E-state index contributed by atoms with van der Waals surface area (Å²) in [5, 5.41) is 2.59. The zero-order valence-corrected chi connectivity index (χ0v) is 10.3. The lowest BCUT2D eigenvalue weighted by atomic mass is 10.2. The number of hydrogen-bond acceptors (Lipinski definition) is 4. The van der Waals surface area contributed by atoms with Crippen LogP contribution in [0.5, 0.6) is 0 Å². The van der Waals surface area contributed by atoms with Crippen molar-refractivity contribution in [2.45, 2.75) is 6.92 Å². The van der Waals surface area contributed by atoms with Gasteiger partial charge in [0.1, 0.15) is 11.2 Å². The number of rotatable bonds is 2. The molecule has 0 fully saturated rings. The van der Waals surface area contributed by atoms with Crippen LogP contribution in [0.1, 0.15) is 16.1 Å². The van der Waals surface area contributed by atoms with Crippen LogP contribution in [-0.4, -0.2) is 15.9 Å². The van der Waals surface area contributed by atoms with Crippen molar-refractivity contribution in [1.29, 1.82) is 0 Å². The summed E-state index contributed by atoms with van der Waals surface area (Å²) in [7, 11) is 0. The minimum atomic E-state index is -0.344. The van der Waals surface area contributed by atoms with Crippen LogP contribution < -0.4 is 5.32 Å². The predicted molar refractivity (Wildman–Crippen MR) is 70.9 cm³/mol. The highest BCUT2D eigenvalue weighted by atomic mass is 16.4. The third-order valence-corrected chi connectivity index (χ3v) is 2.66. The summed E-state index contributed by atoms with van der Waals surface area (Å²) >= 11 is 0. The molecule has 0 radical (unpaired) electrons. The molecule has 5 nitrogen and oxygen atoms in total. The number of benzene rings is 1. The molecule has 1 amide bonds. The SMILES string of the molecule is Cc1ccc2oc(NC(=O)c3ccccn3)nc2c1. The summed E-state index contributed by atoms with van der Waals surface area (Å²) in [5.41, 5.74) is 2.77. The summed E-state index contributed by atoms with van der Waals surface area (Å²) in [4.78, 5) is 20.1. The van der Waals surface area contributed by atoms with Gasteiger partial charge in [0, 0.05) is 6.20 Å². The number of carbonyl (C=O) groups is 1. The van der Waals surface area contributed by atoms with Gasteiger partial charge in [-0.1, -0.05) is 12.1 Å². The number of carbonyl (C=O) groups excluding carboxylic acids is 1. The molecule has 94 valence electrons. The van der Waals surface area contributed by atoms with E-state index in [0.29, 0.717) is 11.3 Å². The first-order valence-corrected chi connectivity index (χ1v) is 5.82. The lowest BCUT2D eigenvalue weighted by Crippen LogP contribution is -2.13. The number of fused-ring (bicyclic) bond motifs is 1. The molecule has 0 aliphatic heterocycles. The van der Waals surface area contributed by atoms with Crippen LogP contribution in [0.4, 0.5) is 6.01 Å². The highest BCUT2D eigenvalue weighted by molar-refractivity contribution is 6.02. The molecule has 0 bridgehead atoms. The largest absolute Gasteiger partial charge is 0.423 e. The van der Waals surface area contributed by atoms with Crippen molar-refractivity contribution in [2.24, 2.45) is 0 Å². The monoisotopic (exact) mass is 253 g/mol. The number of amides is 1.